The van der Waals surface area contributed by atoms with Crippen molar-refractivity contribution >= 4 is 23.6 Å². The summed E-state index contributed by atoms with van der Waals surface area (Å²) in [6.07, 6.45) is 1.57. The normalized spacial score (nSPS) is 10.8. The Labute approximate surface area is 138 Å². The van der Waals surface area contributed by atoms with Crippen LogP contribution in [0.4, 0.5) is 0 Å². The highest BCUT2D eigenvalue weighted by Gasteiger charge is 2.16. The molecule has 2 amide bonds. The highest BCUT2D eigenvalue weighted by Crippen LogP contribution is 2.23. The van der Waals surface area contributed by atoms with Gasteiger partial charge in [-0.25, -0.2) is 0 Å². The predicted molar refractivity (Wildman–Crippen MR) is 85.2 cm³/mol. The summed E-state index contributed by atoms with van der Waals surface area (Å²) in [5, 5.41) is 8.80. The van der Waals surface area contributed by atoms with Gasteiger partial charge in [-0.2, -0.15) is 0 Å². The molecule has 0 aliphatic heterocycles. The van der Waals surface area contributed by atoms with Crippen LogP contribution in [-0.2, 0) is 16.1 Å². The summed E-state index contributed by atoms with van der Waals surface area (Å²) < 4.78 is 7.19. The molecular weight excluding hydrogens is 318 g/mol. The quantitative estimate of drug-likeness (QED) is 0.611. The molecule has 0 aliphatic carbocycles. The van der Waals surface area contributed by atoms with Crippen molar-refractivity contribution in [2.75, 3.05) is 5.75 Å². The number of aromatic nitrogens is 3. The molecule has 9 heteroatoms. The Kier molecular flexibility index (Phi) is 5.80. The van der Waals surface area contributed by atoms with Gasteiger partial charge in [0.2, 0.25) is 11.8 Å². The lowest BCUT2D eigenvalue weighted by molar-refractivity contribution is -0.129. The van der Waals surface area contributed by atoms with Crippen LogP contribution >= 0.6 is 11.8 Å². The third-order valence-electron chi connectivity index (χ3n) is 2.96. The fourth-order valence-corrected chi connectivity index (χ4v) is 2.51. The average Bonchev–Trinajstić information content (AvgIpc) is 3.18. The summed E-state index contributed by atoms with van der Waals surface area (Å²) in [5.41, 5.74) is 4.74. The van der Waals surface area contributed by atoms with Crippen molar-refractivity contribution in [3.63, 3.8) is 0 Å². The molecule has 0 radical (unpaired) electrons. The fraction of sp³-hybridized carbons (Fsp3) is 0.429. The third-order valence-corrected chi connectivity index (χ3v) is 3.92. The van der Waals surface area contributed by atoms with Gasteiger partial charge in [0.1, 0.15) is 0 Å². The molecule has 2 N–H and O–H groups in total. The van der Waals surface area contributed by atoms with Crippen molar-refractivity contribution in [1.82, 2.24) is 25.6 Å². The van der Waals surface area contributed by atoms with Gasteiger partial charge in [-0.3, -0.25) is 25.0 Å². The molecule has 0 fully saturated rings. The van der Waals surface area contributed by atoms with E-state index in [0.717, 1.165) is 0 Å². The monoisotopic (exact) mass is 337 g/mol. The molecule has 124 valence electrons. The van der Waals surface area contributed by atoms with Gasteiger partial charge in [-0.05, 0) is 19.1 Å². The molecule has 2 rings (SSSR count). The Balaban J connectivity index is 1.93. The molecule has 0 unspecified atom stereocenters. The topological polar surface area (TPSA) is 102 Å². The van der Waals surface area contributed by atoms with Gasteiger partial charge in [0, 0.05) is 12.5 Å². The maximum absolute atomic E-state index is 11.8. The van der Waals surface area contributed by atoms with Gasteiger partial charge in [0.25, 0.3) is 0 Å². The van der Waals surface area contributed by atoms with Crippen molar-refractivity contribution in [2.24, 2.45) is 5.92 Å². The van der Waals surface area contributed by atoms with Crippen molar-refractivity contribution in [3.05, 3.63) is 18.4 Å². The summed E-state index contributed by atoms with van der Waals surface area (Å²) >= 11 is 1.24. The first-order valence-electron chi connectivity index (χ1n) is 7.21. The average molecular weight is 337 g/mol. The second-order valence-electron chi connectivity index (χ2n) is 5.01. The van der Waals surface area contributed by atoms with E-state index in [9.17, 15) is 9.59 Å². The maximum atomic E-state index is 11.8. The first kappa shape index (κ1) is 17.1. The van der Waals surface area contributed by atoms with Crippen LogP contribution in [0.2, 0.25) is 0 Å². The molecule has 2 aromatic heterocycles. The molecule has 2 heterocycles. The molecule has 0 spiro atoms. The van der Waals surface area contributed by atoms with Gasteiger partial charge in [-0.1, -0.05) is 25.6 Å². The van der Waals surface area contributed by atoms with Gasteiger partial charge < -0.3 is 4.42 Å². The minimum atomic E-state index is -0.311. The van der Waals surface area contributed by atoms with Gasteiger partial charge in [-0.15, -0.1) is 10.2 Å². The fourth-order valence-electron chi connectivity index (χ4n) is 1.71. The maximum Gasteiger partial charge on any atom is 0.248 e. The van der Waals surface area contributed by atoms with Crippen LogP contribution in [0.5, 0.6) is 0 Å². The predicted octanol–water partition coefficient (Wildman–Crippen LogP) is 1.45. The zero-order chi connectivity index (χ0) is 16.8. The standard InChI is InChI=1S/C14H19N5O3S/c1-4-19-12(10-6-5-7-22-10)16-18-14(19)23-8-11(20)15-17-13(21)9(2)3/h5-7,9H,4,8H2,1-3H3,(H,15,20)(H,17,21). The number of furan rings is 1. The minimum absolute atomic E-state index is 0.120. The van der Waals surface area contributed by atoms with Gasteiger partial charge in [0.15, 0.2) is 16.7 Å². The van der Waals surface area contributed by atoms with E-state index in [4.69, 9.17) is 4.42 Å². The second-order valence-corrected chi connectivity index (χ2v) is 5.95. The molecule has 2 aromatic rings. The lowest BCUT2D eigenvalue weighted by Crippen LogP contribution is -2.44. The van der Waals surface area contributed by atoms with E-state index in [0.29, 0.717) is 23.3 Å². The van der Waals surface area contributed by atoms with Gasteiger partial charge in [0.05, 0.1) is 12.0 Å². The van der Waals surface area contributed by atoms with Crippen LogP contribution in [0.1, 0.15) is 20.8 Å². The Morgan fingerprint density at radius 2 is 2.13 bits per heavy atom. The van der Waals surface area contributed by atoms with E-state index in [1.807, 2.05) is 11.5 Å². The zero-order valence-electron chi connectivity index (χ0n) is 13.2. The van der Waals surface area contributed by atoms with Crippen molar-refractivity contribution in [3.8, 4) is 11.6 Å². The Bertz CT molecular complexity index is 666. The molecule has 0 aromatic carbocycles. The van der Waals surface area contributed by atoms with E-state index in [-0.39, 0.29) is 23.5 Å². The van der Waals surface area contributed by atoms with Gasteiger partial charge >= 0.3 is 0 Å². The zero-order valence-corrected chi connectivity index (χ0v) is 14.0. The molecule has 0 atom stereocenters. The third kappa shape index (κ3) is 4.35. The summed E-state index contributed by atoms with van der Waals surface area (Å²) in [6, 6.07) is 3.58. The van der Waals surface area contributed by atoms with Crippen LogP contribution in [0.25, 0.3) is 11.6 Å². The Morgan fingerprint density at radius 3 is 2.74 bits per heavy atom. The SMILES string of the molecule is CCn1c(SCC(=O)NNC(=O)C(C)C)nnc1-c1ccco1. The first-order chi connectivity index (χ1) is 11.0. The summed E-state index contributed by atoms with van der Waals surface area (Å²) in [4.78, 5) is 23.1. The molecule has 0 bridgehead atoms. The lowest BCUT2D eigenvalue weighted by Gasteiger charge is -2.09. The number of hydrogen-bond donors (Lipinski definition) is 2. The largest absolute Gasteiger partial charge is 0.461 e. The number of thioether (sulfide) groups is 1. The molecular formula is C14H19N5O3S. The van der Waals surface area contributed by atoms with Crippen molar-refractivity contribution < 1.29 is 14.0 Å². The molecule has 23 heavy (non-hydrogen) atoms. The van der Waals surface area contributed by atoms with E-state index in [2.05, 4.69) is 21.0 Å². The summed E-state index contributed by atoms with van der Waals surface area (Å²) in [5.74, 6) is 0.624. The van der Waals surface area contributed by atoms with Crippen molar-refractivity contribution in [2.45, 2.75) is 32.5 Å². The number of hydrogen-bond acceptors (Lipinski definition) is 6. The van der Waals surface area contributed by atoms with E-state index < -0.39 is 0 Å². The molecule has 0 saturated heterocycles. The molecule has 0 aliphatic rings. The van der Waals surface area contributed by atoms with E-state index in [1.54, 1.807) is 32.2 Å². The molecule has 8 nitrogen and oxygen atoms in total. The highest BCUT2D eigenvalue weighted by molar-refractivity contribution is 7.99. The second kappa shape index (κ2) is 7.82. The minimum Gasteiger partial charge on any atom is -0.461 e. The van der Waals surface area contributed by atoms with Crippen LogP contribution in [0, 0.1) is 5.92 Å². The number of hydrazine groups is 1. The number of carbonyl (C=O) groups excluding carboxylic acids is 2. The van der Waals surface area contributed by atoms with Crippen molar-refractivity contribution in [1.29, 1.82) is 0 Å². The van der Waals surface area contributed by atoms with Crippen LogP contribution < -0.4 is 10.9 Å². The lowest BCUT2D eigenvalue weighted by atomic mass is 10.2. The number of amides is 2. The Morgan fingerprint density at radius 1 is 1.35 bits per heavy atom. The highest BCUT2D eigenvalue weighted by atomic mass is 32.2. The smallest absolute Gasteiger partial charge is 0.248 e. The van der Waals surface area contributed by atoms with E-state index >= 15 is 0 Å². The molecule has 0 saturated carbocycles. The van der Waals surface area contributed by atoms with Crippen LogP contribution in [-0.4, -0.2) is 32.3 Å². The number of nitrogens with zero attached hydrogens (tertiary/aromatic N) is 3. The number of nitrogens with one attached hydrogen (secondary N) is 2. The van der Waals surface area contributed by atoms with E-state index in [1.165, 1.54) is 11.8 Å². The Hall–Kier alpha value is -2.29. The first-order valence-corrected chi connectivity index (χ1v) is 8.20. The summed E-state index contributed by atoms with van der Waals surface area (Å²) in [6.45, 7) is 6.10. The van der Waals surface area contributed by atoms with Crippen LogP contribution in [0.15, 0.2) is 28.0 Å². The number of rotatable bonds is 6. The van der Waals surface area contributed by atoms with Crippen LogP contribution in [0.3, 0.4) is 0 Å². The summed E-state index contributed by atoms with van der Waals surface area (Å²) in [7, 11) is 0. The number of carbonyl (C=O) groups is 2.